The van der Waals surface area contributed by atoms with Crippen LogP contribution < -0.4 is 5.06 Å². The first-order valence-corrected chi connectivity index (χ1v) is 10.5. The highest BCUT2D eigenvalue weighted by Crippen LogP contribution is 2.74. The third-order valence-electron chi connectivity index (χ3n) is 8.63. The molecule has 5 nitrogen and oxygen atoms in total. The first-order valence-electron chi connectivity index (χ1n) is 10.5. The van der Waals surface area contributed by atoms with Crippen molar-refractivity contribution in [3.05, 3.63) is 42.5 Å². The minimum atomic E-state index is -0.171. The van der Waals surface area contributed by atoms with Gasteiger partial charge in [-0.05, 0) is 55.8 Å². The molecule has 2 aliphatic carbocycles. The van der Waals surface area contributed by atoms with Crippen molar-refractivity contribution in [3.63, 3.8) is 0 Å². The standard InChI is InChI=1S/C23H28N2O3/c1-4-15-16-12-28-18-11-23(15,16)21-14(9-10-24(21)2)19(18)20-13-7-5-6-8-17(13)25(27-3)22(20)26/h4-8,14-16,18-21H,1,9-12H2,2-3H3/t14-,15+,16-,18-,19-,20+,21-,23+/m1/s1. The number of amides is 1. The van der Waals surface area contributed by atoms with E-state index >= 15 is 0 Å². The number of allylic oxidation sites excluding steroid dienone is 1. The van der Waals surface area contributed by atoms with Gasteiger partial charge in [-0.2, -0.15) is 5.06 Å². The SMILES string of the molecule is C=C[C@H]1[C@H]2CO[C@@H]3C[C@@]21[C@H]1[C@H](CCN1C)[C@H]3[C@H]1C(=O)N(OC)c2ccccc21. The Hall–Kier alpha value is -1.69. The van der Waals surface area contributed by atoms with Crippen LogP contribution in [0.4, 0.5) is 5.69 Å². The molecule has 1 amide bonds. The van der Waals surface area contributed by atoms with Crippen molar-refractivity contribution in [2.24, 2.45) is 29.1 Å². The lowest BCUT2D eigenvalue weighted by Gasteiger charge is -2.51. The summed E-state index contributed by atoms with van der Waals surface area (Å²) in [6.45, 7) is 6.05. The number of rotatable bonds is 3. The van der Waals surface area contributed by atoms with Crippen LogP contribution in [0.1, 0.15) is 24.3 Å². The average Bonchev–Trinajstić information content (AvgIpc) is 3.00. The van der Waals surface area contributed by atoms with Gasteiger partial charge in [-0.25, -0.2) is 0 Å². The summed E-state index contributed by atoms with van der Waals surface area (Å²) in [7, 11) is 3.85. The lowest BCUT2D eigenvalue weighted by molar-refractivity contribution is -0.141. The van der Waals surface area contributed by atoms with E-state index in [-0.39, 0.29) is 23.8 Å². The second kappa shape index (κ2) is 5.68. The number of ether oxygens (including phenoxy) is 1. The predicted molar refractivity (Wildman–Crippen MR) is 106 cm³/mol. The zero-order chi connectivity index (χ0) is 19.2. The van der Waals surface area contributed by atoms with Crippen LogP contribution >= 0.6 is 0 Å². The summed E-state index contributed by atoms with van der Waals surface area (Å²) in [5.74, 6) is 1.76. The molecule has 1 aromatic carbocycles. The van der Waals surface area contributed by atoms with Crippen molar-refractivity contribution in [2.45, 2.75) is 30.9 Å². The van der Waals surface area contributed by atoms with Crippen LogP contribution in [-0.4, -0.2) is 50.3 Å². The zero-order valence-corrected chi connectivity index (χ0v) is 16.6. The van der Waals surface area contributed by atoms with E-state index in [2.05, 4.69) is 30.7 Å². The quantitative estimate of drug-likeness (QED) is 0.757. The van der Waals surface area contributed by atoms with Crippen molar-refractivity contribution in [1.82, 2.24) is 4.90 Å². The molecule has 0 N–H and O–H groups in total. The maximum absolute atomic E-state index is 13.5. The molecule has 28 heavy (non-hydrogen) atoms. The predicted octanol–water partition coefficient (Wildman–Crippen LogP) is 2.84. The van der Waals surface area contributed by atoms with Crippen LogP contribution in [0, 0.1) is 29.1 Å². The van der Waals surface area contributed by atoms with Crippen LogP contribution in [0.3, 0.4) is 0 Å². The number of benzene rings is 1. The number of carbonyl (C=O) groups excluding carboxylic acids is 1. The summed E-state index contributed by atoms with van der Waals surface area (Å²) < 4.78 is 6.45. The van der Waals surface area contributed by atoms with Gasteiger partial charge in [0.2, 0.25) is 0 Å². The summed E-state index contributed by atoms with van der Waals surface area (Å²) in [6, 6.07) is 8.63. The Labute approximate surface area is 166 Å². The molecule has 2 bridgehead atoms. The number of carbonyl (C=O) groups is 1. The molecular formula is C23H28N2O3. The molecule has 0 unspecified atom stereocenters. The number of fused-ring (bicyclic) bond motifs is 3. The largest absolute Gasteiger partial charge is 0.378 e. The first kappa shape index (κ1) is 17.2. The molecule has 5 heteroatoms. The van der Waals surface area contributed by atoms with Crippen LogP contribution in [0.5, 0.6) is 0 Å². The van der Waals surface area contributed by atoms with Crippen LogP contribution in [0.2, 0.25) is 0 Å². The van der Waals surface area contributed by atoms with E-state index in [1.165, 1.54) is 5.06 Å². The average molecular weight is 380 g/mol. The van der Waals surface area contributed by atoms with E-state index in [0.717, 1.165) is 37.2 Å². The van der Waals surface area contributed by atoms with E-state index < -0.39 is 0 Å². The number of likely N-dealkylation sites (tertiary alicyclic amines) is 1. The molecule has 0 aromatic heterocycles. The molecule has 8 atom stereocenters. The van der Waals surface area contributed by atoms with Crippen molar-refractivity contribution >= 4 is 11.6 Å². The lowest BCUT2D eigenvalue weighted by Crippen LogP contribution is -2.56. The molecule has 6 rings (SSSR count). The second-order valence-electron chi connectivity index (χ2n) is 9.36. The summed E-state index contributed by atoms with van der Waals surface area (Å²) in [5, 5.41) is 1.49. The maximum atomic E-state index is 13.5. The minimum Gasteiger partial charge on any atom is -0.378 e. The third-order valence-corrected chi connectivity index (χ3v) is 8.63. The minimum absolute atomic E-state index is 0.0692. The van der Waals surface area contributed by atoms with E-state index in [1.54, 1.807) is 7.11 Å². The second-order valence-corrected chi connectivity index (χ2v) is 9.36. The molecule has 4 fully saturated rings. The number of hydrogen-bond donors (Lipinski definition) is 0. The molecule has 0 radical (unpaired) electrons. The van der Waals surface area contributed by atoms with Gasteiger partial charge in [-0.3, -0.25) is 9.63 Å². The van der Waals surface area contributed by atoms with E-state index in [4.69, 9.17) is 9.57 Å². The van der Waals surface area contributed by atoms with Gasteiger partial charge in [-0.1, -0.05) is 24.3 Å². The Morgan fingerprint density at radius 3 is 2.96 bits per heavy atom. The molecule has 1 aromatic rings. The number of hydrogen-bond acceptors (Lipinski definition) is 4. The molecule has 3 aliphatic heterocycles. The van der Waals surface area contributed by atoms with Gasteiger partial charge in [0.1, 0.15) is 0 Å². The monoisotopic (exact) mass is 380 g/mol. The Balaban J connectivity index is 1.45. The van der Waals surface area contributed by atoms with Gasteiger partial charge in [0, 0.05) is 17.4 Å². The van der Waals surface area contributed by atoms with Crippen molar-refractivity contribution in [3.8, 4) is 0 Å². The molecule has 3 heterocycles. The third kappa shape index (κ3) is 1.86. The molecule has 5 aliphatic rings. The van der Waals surface area contributed by atoms with Gasteiger partial charge < -0.3 is 9.64 Å². The van der Waals surface area contributed by atoms with E-state index in [9.17, 15) is 4.79 Å². The highest BCUT2D eigenvalue weighted by molar-refractivity contribution is 6.03. The fourth-order valence-corrected chi connectivity index (χ4v) is 7.72. The number of nitrogens with zero attached hydrogens (tertiary/aromatic N) is 2. The maximum Gasteiger partial charge on any atom is 0.258 e. The highest BCUT2D eigenvalue weighted by atomic mass is 16.7. The number of para-hydroxylation sites is 1. The van der Waals surface area contributed by atoms with Crippen molar-refractivity contribution in [1.29, 1.82) is 0 Å². The van der Waals surface area contributed by atoms with Crippen LogP contribution in [0.15, 0.2) is 36.9 Å². The molecule has 2 saturated carbocycles. The van der Waals surface area contributed by atoms with Gasteiger partial charge in [0.05, 0.1) is 31.4 Å². The van der Waals surface area contributed by atoms with Gasteiger partial charge in [-0.15, -0.1) is 6.58 Å². The van der Waals surface area contributed by atoms with Crippen molar-refractivity contribution < 1.29 is 14.4 Å². The summed E-state index contributed by atoms with van der Waals surface area (Å²) >= 11 is 0. The van der Waals surface area contributed by atoms with Gasteiger partial charge >= 0.3 is 0 Å². The Morgan fingerprint density at radius 1 is 1.36 bits per heavy atom. The topological polar surface area (TPSA) is 42.0 Å². The summed E-state index contributed by atoms with van der Waals surface area (Å²) in [4.78, 5) is 21.5. The number of anilines is 1. The fraction of sp³-hybridized carbons (Fsp3) is 0.609. The van der Waals surface area contributed by atoms with Gasteiger partial charge in [0.15, 0.2) is 0 Å². The van der Waals surface area contributed by atoms with Crippen LogP contribution in [-0.2, 0) is 14.4 Å². The lowest BCUT2D eigenvalue weighted by atomic mass is 9.60. The number of hydroxylamine groups is 1. The fourth-order valence-electron chi connectivity index (χ4n) is 7.72. The molecular weight excluding hydrogens is 352 g/mol. The van der Waals surface area contributed by atoms with Crippen LogP contribution in [0.25, 0.3) is 0 Å². The normalized spacial score (nSPS) is 46.1. The molecule has 2 saturated heterocycles. The van der Waals surface area contributed by atoms with E-state index in [1.807, 2.05) is 18.2 Å². The Kier molecular flexibility index (Phi) is 3.49. The Morgan fingerprint density at radius 2 is 2.18 bits per heavy atom. The summed E-state index contributed by atoms with van der Waals surface area (Å²) in [5.41, 5.74) is 2.32. The highest BCUT2D eigenvalue weighted by Gasteiger charge is 2.76. The van der Waals surface area contributed by atoms with Crippen molar-refractivity contribution in [2.75, 3.05) is 32.4 Å². The first-order chi connectivity index (χ1) is 13.6. The smallest absolute Gasteiger partial charge is 0.258 e. The van der Waals surface area contributed by atoms with Gasteiger partial charge in [0.25, 0.3) is 5.91 Å². The van der Waals surface area contributed by atoms with E-state index in [0.29, 0.717) is 29.2 Å². The molecule has 1 spiro atoms. The Bertz CT molecular complexity index is 856. The molecule has 148 valence electrons. The summed E-state index contributed by atoms with van der Waals surface area (Å²) in [6.07, 6.45) is 4.52. The zero-order valence-electron chi connectivity index (χ0n) is 16.6.